The van der Waals surface area contributed by atoms with E-state index in [4.69, 9.17) is 4.74 Å². The molecule has 4 aliphatic carbocycles. The van der Waals surface area contributed by atoms with Gasteiger partial charge >= 0.3 is 5.97 Å². The fourth-order valence-electron chi connectivity index (χ4n) is 5.48. The molecule has 4 saturated carbocycles. The first-order chi connectivity index (χ1) is 11.9. The number of carbonyl (C=O) groups is 2. The van der Waals surface area contributed by atoms with Crippen LogP contribution in [0.25, 0.3) is 0 Å². The SMILES string of the molecule is C[C@@H](OC(=O)C12CC3CC(CC(C3)C1)C2)C(=O)Nc1ccc(F)cc1. The number of halogens is 1. The Morgan fingerprint density at radius 2 is 1.60 bits per heavy atom. The highest BCUT2D eigenvalue weighted by atomic mass is 19.1. The van der Waals surface area contributed by atoms with Crippen molar-refractivity contribution in [2.45, 2.75) is 51.6 Å². The smallest absolute Gasteiger partial charge is 0.312 e. The minimum Gasteiger partial charge on any atom is -0.452 e. The lowest BCUT2D eigenvalue weighted by atomic mass is 9.49. The van der Waals surface area contributed by atoms with E-state index in [2.05, 4.69) is 5.32 Å². The van der Waals surface area contributed by atoms with Crippen LogP contribution in [0.2, 0.25) is 0 Å². The number of ether oxygens (including phenoxy) is 1. The molecule has 4 bridgehead atoms. The van der Waals surface area contributed by atoms with Crippen molar-refractivity contribution in [2.24, 2.45) is 23.2 Å². The summed E-state index contributed by atoms with van der Waals surface area (Å²) in [5.74, 6) is 1.02. The van der Waals surface area contributed by atoms with E-state index in [9.17, 15) is 14.0 Å². The van der Waals surface area contributed by atoms with Crippen LogP contribution in [0.15, 0.2) is 24.3 Å². The quantitative estimate of drug-likeness (QED) is 0.842. The van der Waals surface area contributed by atoms with Crippen LogP contribution in [0.1, 0.15) is 45.4 Å². The molecule has 134 valence electrons. The highest BCUT2D eigenvalue weighted by Crippen LogP contribution is 2.60. The van der Waals surface area contributed by atoms with Crippen LogP contribution in [-0.4, -0.2) is 18.0 Å². The monoisotopic (exact) mass is 345 g/mol. The minimum absolute atomic E-state index is 0.201. The van der Waals surface area contributed by atoms with Crippen LogP contribution in [0.4, 0.5) is 10.1 Å². The van der Waals surface area contributed by atoms with Gasteiger partial charge in [-0.2, -0.15) is 0 Å². The normalized spacial score (nSPS) is 33.8. The van der Waals surface area contributed by atoms with Gasteiger partial charge < -0.3 is 10.1 Å². The Balaban J connectivity index is 1.38. The molecule has 0 unspecified atom stereocenters. The zero-order valence-corrected chi connectivity index (χ0v) is 14.5. The van der Waals surface area contributed by atoms with Gasteiger partial charge in [-0.1, -0.05) is 0 Å². The van der Waals surface area contributed by atoms with Gasteiger partial charge in [-0.15, -0.1) is 0 Å². The molecule has 0 radical (unpaired) electrons. The molecular formula is C20H24FNO3. The van der Waals surface area contributed by atoms with E-state index in [0.29, 0.717) is 23.4 Å². The number of rotatable bonds is 4. The molecule has 4 fully saturated rings. The van der Waals surface area contributed by atoms with Gasteiger partial charge in [0.15, 0.2) is 6.10 Å². The summed E-state index contributed by atoms with van der Waals surface area (Å²) >= 11 is 0. The van der Waals surface area contributed by atoms with Crippen LogP contribution >= 0.6 is 0 Å². The highest BCUT2D eigenvalue weighted by Gasteiger charge is 2.55. The highest BCUT2D eigenvalue weighted by molar-refractivity contribution is 5.95. The van der Waals surface area contributed by atoms with Crippen LogP contribution in [0, 0.1) is 29.0 Å². The van der Waals surface area contributed by atoms with Gasteiger partial charge in [0.1, 0.15) is 5.82 Å². The average Bonchev–Trinajstić information content (AvgIpc) is 2.55. The maximum atomic E-state index is 12.9. The number of esters is 1. The number of carbonyl (C=O) groups excluding carboxylic acids is 2. The summed E-state index contributed by atoms with van der Waals surface area (Å²) in [5.41, 5.74) is 0.128. The molecule has 1 N–H and O–H groups in total. The lowest BCUT2D eigenvalue weighted by Crippen LogP contribution is -2.51. The molecular weight excluding hydrogens is 321 g/mol. The van der Waals surface area contributed by atoms with Gasteiger partial charge in [0.2, 0.25) is 0 Å². The summed E-state index contributed by atoms with van der Waals surface area (Å²) in [6.07, 6.45) is 5.68. The fraction of sp³-hybridized carbons (Fsp3) is 0.600. The number of nitrogens with one attached hydrogen (secondary N) is 1. The molecule has 0 heterocycles. The second kappa shape index (κ2) is 6.11. The molecule has 5 rings (SSSR count). The molecule has 1 aromatic rings. The van der Waals surface area contributed by atoms with Crippen molar-refractivity contribution in [1.82, 2.24) is 0 Å². The van der Waals surface area contributed by atoms with Crippen molar-refractivity contribution in [3.05, 3.63) is 30.1 Å². The van der Waals surface area contributed by atoms with E-state index in [1.165, 1.54) is 43.5 Å². The largest absolute Gasteiger partial charge is 0.452 e. The molecule has 0 aromatic heterocycles. The first-order valence-electron chi connectivity index (χ1n) is 9.21. The Morgan fingerprint density at radius 3 is 2.12 bits per heavy atom. The molecule has 1 atom stereocenters. The third kappa shape index (κ3) is 3.16. The van der Waals surface area contributed by atoms with E-state index in [0.717, 1.165) is 19.3 Å². The van der Waals surface area contributed by atoms with E-state index in [1.807, 2.05) is 0 Å². The van der Waals surface area contributed by atoms with E-state index in [-0.39, 0.29) is 23.1 Å². The second-order valence-electron chi connectivity index (χ2n) is 8.24. The summed E-state index contributed by atoms with van der Waals surface area (Å²) in [6, 6.07) is 5.53. The summed E-state index contributed by atoms with van der Waals surface area (Å²) < 4.78 is 18.5. The van der Waals surface area contributed by atoms with E-state index in [1.54, 1.807) is 6.92 Å². The topological polar surface area (TPSA) is 55.4 Å². The lowest BCUT2D eigenvalue weighted by Gasteiger charge is -2.55. The zero-order valence-electron chi connectivity index (χ0n) is 14.5. The molecule has 0 spiro atoms. The predicted molar refractivity (Wildman–Crippen MR) is 91.2 cm³/mol. The summed E-state index contributed by atoms with van der Waals surface area (Å²) in [4.78, 5) is 25.1. The van der Waals surface area contributed by atoms with Crippen molar-refractivity contribution < 1.29 is 18.7 Å². The number of anilines is 1. The number of benzene rings is 1. The van der Waals surface area contributed by atoms with Crippen molar-refractivity contribution in [2.75, 3.05) is 5.32 Å². The summed E-state index contributed by atoms with van der Waals surface area (Å²) in [5, 5.41) is 2.67. The predicted octanol–water partition coefficient (Wildman–Crippen LogP) is 3.91. The van der Waals surface area contributed by atoms with E-state index >= 15 is 0 Å². The molecule has 0 saturated heterocycles. The minimum atomic E-state index is -0.856. The lowest BCUT2D eigenvalue weighted by molar-refractivity contribution is -0.177. The first-order valence-corrected chi connectivity index (χ1v) is 9.21. The molecule has 1 amide bonds. The fourth-order valence-corrected chi connectivity index (χ4v) is 5.48. The van der Waals surface area contributed by atoms with Gasteiger partial charge in [0.25, 0.3) is 5.91 Å². The molecule has 1 aromatic carbocycles. The van der Waals surface area contributed by atoms with Crippen LogP contribution in [-0.2, 0) is 14.3 Å². The molecule has 0 aliphatic heterocycles. The Hall–Kier alpha value is -1.91. The molecule has 4 nitrogen and oxygen atoms in total. The van der Waals surface area contributed by atoms with Gasteiger partial charge in [0, 0.05) is 5.69 Å². The van der Waals surface area contributed by atoms with Gasteiger partial charge in [-0.25, -0.2) is 4.39 Å². The maximum absolute atomic E-state index is 12.9. The molecule has 4 aliphatic rings. The number of hydrogen-bond donors (Lipinski definition) is 1. The number of amides is 1. The second-order valence-corrected chi connectivity index (χ2v) is 8.24. The van der Waals surface area contributed by atoms with Crippen molar-refractivity contribution in [3.63, 3.8) is 0 Å². The standard InChI is InChI=1S/C20H24FNO3/c1-12(18(23)22-17-4-2-16(21)3-5-17)25-19(24)20-9-13-6-14(10-20)8-15(7-13)11-20/h2-5,12-15H,6-11H2,1H3,(H,22,23)/t12-,13?,14?,15?,20?/m1/s1. The Kier molecular flexibility index (Phi) is 4.05. The Bertz CT molecular complexity index is 649. The molecule has 25 heavy (non-hydrogen) atoms. The van der Waals surface area contributed by atoms with E-state index < -0.39 is 6.10 Å². The molecule has 5 heteroatoms. The third-order valence-electron chi connectivity index (χ3n) is 6.24. The van der Waals surface area contributed by atoms with Crippen molar-refractivity contribution in [3.8, 4) is 0 Å². The zero-order chi connectivity index (χ0) is 17.6. The van der Waals surface area contributed by atoms with Crippen molar-refractivity contribution >= 4 is 17.6 Å². The van der Waals surface area contributed by atoms with Crippen LogP contribution in [0.3, 0.4) is 0 Å². The van der Waals surface area contributed by atoms with Crippen molar-refractivity contribution in [1.29, 1.82) is 0 Å². The maximum Gasteiger partial charge on any atom is 0.312 e. The summed E-state index contributed by atoms with van der Waals surface area (Å²) in [6.45, 7) is 1.59. The Morgan fingerprint density at radius 1 is 1.08 bits per heavy atom. The third-order valence-corrected chi connectivity index (χ3v) is 6.24. The average molecular weight is 345 g/mol. The van der Waals surface area contributed by atoms with Gasteiger partial charge in [-0.3, -0.25) is 9.59 Å². The van der Waals surface area contributed by atoms with Crippen LogP contribution < -0.4 is 5.32 Å². The number of hydrogen-bond acceptors (Lipinski definition) is 3. The Labute approximate surface area is 147 Å². The van der Waals surface area contributed by atoms with Gasteiger partial charge in [-0.05, 0) is 87.5 Å². The first kappa shape index (κ1) is 16.6. The van der Waals surface area contributed by atoms with Crippen LogP contribution in [0.5, 0.6) is 0 Å². The summed E-state index contributed by atoms with van der Waals surface area (Å²) in [7, 11) is 0. The van der Waals surface area contributed by atoms with Gasteiger partial charge in [0.05, 0.1) is 5.41 Å².